The van der Waals surface area contributed by atoms with E-state index in [2.05, 4.69) is 5.32 Å². The van der Waals surface area contributed by atoms with Gasteiger partial charge >= 0.3 is 0 Å². The van der Waals surface area contributed by atoms with Crippen molar-refractivity contribution in [1.82, 2.24) is 10.2 Å². The molecule has 3 N–H and O–H groups in total. The van der Waals surface area contributed by atoms with Gasteiger partial charge in [0.05, 0.1) is 6.54 Å². The Morgan fingerprint density at radius 3 is 2.71 bits per heavy atom. The molecule has 1 saturated heterocycles. The summed E-state index contributed by atoms with van der Waals surface area (Å²) in [5.74, 6) is 0.587. The minimum atomic E-state index is -0.238. The van der Waals surface area contributed by atoms with Crippen LogP contribution in [0.5, 0.6) is 0 Å². The number of hydrogen-bond acceptors (Lipinski definition) is 3. The van der Waals surface area contributed by atoms with Crippen LogP contribution in [0, 0.1) is 5.92 Å². The van der Waals surface area contributed by atoms with Crippen molar-refractivity contribution in [2.45, 2.75) is 19.3 Å². The smallest absolute Gasteiger partial charge is 0.231 e. The van der Waals surface area contributed by atoms with E-state index in [1.165, 1.54) is 19.3 Å². The Balaban J connectivity index is 2.09. The van der Waals surface area contributed by atoms with Crippen molar-refractivity contribution >= 4 is 5.91 Å². The predicted octanol–water partition coefficient (Wildman–Crippen LogP) is -0.207. The number of nitrogens with zero attached hydrogens (tertiary/aromatic N) is 1. The first kappa shape index (κ1) is 11.5. The monoisotopic (exact) mass is 199 g/mol. The van der Waals surface area contributed by atoms with E-state index < -0.39 is 0 Å². The Labute approximate surface area is 85.8 Å². The molecule has 0 bridgehead atoms. The molecule has 1 aliphatic rings. The Morgan fingerprint density at radius 1 is 1.50 bits per heavy atom. The third kappa shape index (κ3) is 4.58. The highest BCUT2D eigenvalue weighted by Crippen LogP contribution is 2.15. The lowest BCUT2D eigenvalue weighted by Crippen LogP contribution is -2.34. The first-order valence-corrected chi connectivity index (χ1v) is 5.36. The van der Waals surface area contributed by atoms with Gasteiger partial charge in [0, 0.05) is 0 Å². The number of carbonyl (C=O) groups excluding carboxylic acids is 1. The average molecular weight is 199 g/mol. The van der Waals surface area contributed by atoms with E-state index in [1.54, 1.807) is 0 Å². The highest BCUT2D eigenvalue weighted by molar-refractivity contribution is 5.75. The summed E-state index contributed by atoms with van der Waals surface area (Å²) in [7, 11) is 1.95. The summed E-state index contributed by atoms with van der Waals surface area (Å²) in [4.78, 5) is 12.6. The topological polar surface area (TPSA) is 58.4 Å². The third-order valence-electron chi connectivity index (χ3n) is 2.80. The predicted molar refractivity (Wildman–Crippen MR) is 56.9 cm³/mol. The molecule has 0 saturated carbocycles. The van der Waals surface area contributed by atoms with Gasteiger partial charge in [-0.15, -0.1) is 0 Å². The summed E-state index contributed by atoms with van der Waals surface area (Å²) in [5.41, 5.74) is 5.11. The van der Waals surface area contributed by atoms with Crippen LogP contribution in [-0.2, 0) is 4.79 Å². The molecule has 1 heterocycles. The van der Waals surface area contributed by atoms with Gasteiger partial charge in [-0.05, 0) is 51.9 Å². The Hall–Kier alpha value is -0.610. The second-order valence-electron chi connectivity index (χ2n) is 4.19. The van der Waals surface area contributed by atoms with E-state index in [0.29, 0.717) is 6.54 Å². The van der Waals surface area contributed by atoms with Gasteiger partial charge in [-0.2, -0.15) is 0 Å². The number of rotatable bonds is 5. The molecule has 0 aromatic heterocycles. The number of likely N-dealkylation sites (N-methyl/N-ethyl adjacent to an activating group) is 1. The second-order valence-corrected chi connectivity index (χ2v) is 4.19. The fourth-order valence-electron chi connectivity index (χ4n) is 1.92. The summed E-state index contributed by atoms with van der Waals surface area (Å²) < 4.78 is 0. The molecule has 0 aromatic carbocycles. The summed E-state index contributed by atoms with van der Waals surface area (Å²) in [6.45, 7) is 3.65. The maximum Gasteiger partial charge on any atom is 0.231 e. The minimum absolute atomic E-state index is 0.238. The molecule has 0 aliphatic carbocycles. The molecule has 1 rings (SSSR count). The molecule has 0 aromatic rings. The number of amides is 1. The van der Waals surface area contributed by atoms with Crippen molar-refractivity contribution < 1.29 is 4.79 Å². The zero-order chi connectivity index (χ0) is 10.4. The lowest BCUT2D eigenvalue weighted by molar-refractivity contribution is -0.118. The molecule has 0 atom stereocenters. The molecule has 1 aliphatic heterocycles. The van der Waals surface area contributed by atoms with Crippen LogP contribution < -0.4 is 11.1 Å². The van der Waals surface area contributed by atoms with Gasteiger partial charge in [0.15, 0.2) is 0 Å². The van der Waals surface area contributed by atoms with Crippen molar-refractivity contribution in [2.75, 3.05) is 33.2 Å². The van der Waals surface area contributed by atoms with Crippen LogP contribution in [0.3, 0.4) is 0 Å². The minimum Gasteiger partial charge on any atom is -0.369 e. The van der Waals surface area contributed by atoms with Crippen LogP contribution in [0.4, 0.5) is 0 Å². The van der Waals surface area contributed by atoms with Crippen LogP contribution in [0.2, 0.25) is 0 Å². The number of primary amides is 1. The van der Waals surface area contributed by atoms with Crippen molar-refractivity contribution in [3.63, 3.8) is 0 Å². The van der Waals surface area contributed by atoms with Crippen molar-refractivity contribution in [3.05, 3.63) is 0 Å². The fourth-order valence-corrected chi connectivity index (χ4v) is 1.92. The van der Waals surface area contributed by atoms with E-state index in [0.717, 1.165) is 25.6 Å². The third-order valence-corrected chi connectivity index (χ3v) is 2.80. The summed E-state index contributed by atoms with van der Waals surface area (Å²) in [6.07, 6.45) is 3.72. The number of nitrogens with two attached hydrogens (primary N) is 1. The van der Waals surface area contributed by atoms with Crippen LogP contribution in [0.15, 0.2) is 0 Å². The lowest BCUT2D eigenvalue weighted by atomic mass is 9.94. The van der Waals surface area contributed by atoms with Gasteiger partial charge in [-0.1, -0.05) is 0 Å². The molecule has 4 heteroatoms. The maximum absolute atomic E-state index is 10.6. The van der Waals surface area contributed by atoms with Gasteiger partial charge in [0.25, 0.3) is 0 Å². The SMILES string of the molecule is CN(CCC1CCNCC1)CC(N)=O. The molecule has 1 amide bonds. The number of nitrogens with one attached hydrogen (secondary N) is 1. The number of piperidine rings is 1. The number of carbonyl (C=O) groups is 1. The van der Waals surface area contributed by atoms with Crippen molar-refractivity contribution in [1.29, 1.82) is 0 Å². The van der Waals surface area contributed by atoms with Gasteiger partial charge < -0.3 is 11.1 Å². The summed E-state index contributed by atoms with van der Waals surface area (Å²) in [6, 6.07) is 0. The first-order chi connectivity index (χ1) is 6.68. The zero-order valence-corrected chi connectivity index (χ0v) is 8.96. The van der Waals surface area contributed by atoms with Crippen LogP contribution >= 0.6 is 0 Å². The number of hydrogen-bond donors (Lipinski definition) is 2. The molecular weight excluding hydrogens is 178 g/mol. The molecule has 0 unspecified atom stereocenters. The molecular formula is C10H21N3O. The van der Waals surface area contributed by atoms with Crippen LogP contribution in [0.25, 0.3) is 0 Å². The first-order valence-electron chi connectivity index (χ1n) is 5.36. The fraction of sp³-hybridized carbons (Fsp3) is 0.900. The van der Waals surface area contributed by atoms with E-state index in [1.807, 2.05) is 11.9 Å². The van der Waals surface area contributed by atoms with Crippen molar-refractivity contribution in [2.24, 2.45) is 11.7 Å². The van der Waals surface area contributed by atoms with Gasteiger partial charge in [-0.25, -0.2) is 0 Å². The highest BCUT2D eigenvalue weighted by atomic mass is 16.1. The zero-order valence-electron chi connectivity index (χ0n) is 8.96. The second kappa shape index (κ2) is 5.98. The normalized spacial score (nSPS) is 18.7. The largest absolute Gasteiger partial charge is 0.369 e. The molecule has 82 valence electrons. The van der Waals surface area contributed by atoms with Crippen molar-refractivity contribution in [3.8, 4) is 0 Å². The van der Waals surface area contributed by atoms with Crippen LogP contribution in [0.1, 0.15) is 19.3 Å². The van der Waals surface area contributed by atoms with Gasteiger partial charge in [0.2, 0.25) is 5.91 Å². The maximum atomic E-state index is 10.6. The Morgan fingerprint density at radius 2 is 2.14 bits per heavy atom. The quantitative estimate of drug-likeness (QED) is 0.644. The Bertz CT molecular complexity index is 178. The molecule has 1 fully saturated rings. The molecule has 14 heavy (non-hydrogen) atoms. The lowest BCUT2D eigenvalue weighted by Gasteiger charge is -2.24. The highest BCUT2D eigenvalue weighted by Gasteiger charge is 2.13. The molecule has 0 spiro atoms. The summed E-state index contributed by atoms with van der Waals surface area (Å²) in [5, 5.41) is 3.35. The van der Waals surface area contributed by atoms with Gasteiger partial charge in [0.1, 0.15) is 0 Å². The van der Waals surface area contributed by atoms with Crippen LogP contribution in [-0.4, -0.2) is 44.0 Å². The van der Waals surface area contributed by atoms with E-state index in [9.17, 15) is 4.79 Å². The molecule has 0 radical (unpaired) electrons. The van der Waals surface area contributed by atoms with E-state index in [-0.39, 0.29) is 5.91 Å². The molecule has 4 nitrogen and oxygen atoms in total. The van der Waals surface area contributed by atoms with Gasteiger partial charge in [-0.3, -0.25) is 9.69 Å². The van der Waals surface area contributed by atoms with E-state index >= 15 is 0 Å². The Kier molecular flexibility index (Phi) is 4.90. The summed E-state index contributed by atoms with van der Waals surface area (Å²) >= 11 is 0. The van der Waals surface area contributed by atoms with E-state index in [4.69, 9.17) is 5.73 Å². The average Bonchev–Trinajstić information content (AvgIpc) is 2.15. The standard InChI is InChI=1S/C10H21N3O/c1-13(8-10(11)14)7-4-9-2-5-12-6-3-9/h9,12H,2-8H2,1H3,(H2,11,14).